The van der Waals surface area contributed by atoms with Crippen molar-refractivity contribution in [3.05, 3.63) is 17.0 Å². The van der Waals surface area contributed by atoms with Gasteiger partial charge in [-0.2, -0.15) is 9.57 Å². The van der Waals surface area contributed by atoms with Gasteiger partial charge in [0.25, 0.3) is 10.0 Å². The average molecular weight is 288 g/mol. The fourth-order valence-electron chi connectivity index (χ4n) is 1.09. The molecule has 0 bridgehead atoms. The van der Waals surface area contributed by atoms with E-state index in [1.54, 1.807) is 0 Å². The highest BCUT2D eigenvalue weighted by molar-refractivity contribution is 7.91. The van der Waals surface area contributed by atoms with Crippen LogP contribution in [0.4, 0.5) is 0 Å². The lowest BCUT2D eigenvalue weighted by Gasteiger charge is -2.29. The van der Waals surface area contributed by atoms with Gasteiger partial charge in [0.15, 0.2) is 0 Å². The Bertz CT molecular complexity index is 610. The van der Waals surface area contributed by atoms with E-state index in [1.165, 1.54) is 33.0 Å². The summed E-state index contributed by atoms with van der Waals surface area (Å²) < 4.78 is 25.1. The quantitative estimate of drug-likeness (QED) is 0.894. The van der Waals surface area contributed by atoms with Crippen molar-refractivity contribution >= 4 is 27.3 Å². The average Bonchev–Trinajstić information content (AvgIpc) is 2.76. The normalized spacial score (nSPS) is 12.4. The second kappa shape index (κ2) is 4.68. The molecule has 1 aromatic heterocycles. The van der Waals surface area contributed by atoms with Crippen molar-refractivity contribution in [3.8, 4) is 6.07 Å². The zero-order chi connectivity index (χ0) is 14.1. The number of hydrogen-bond donors (Lipinski definition) is 1. The first-order chi connectivity index (χ1) is 8.14. The lowest BCUT2D eigenvalue weighted by molar-refractivity contribution is -0.145. The maximum Gasteiger partial charge on any atom is 0.324 e. The van der Waals surface area contributed by atoms with Crippen molar-refractivity contribution < 1.29 is 18.3 Å². The van der Waals surface area contributed by atoms with E-state index in [1.807, 2.05) is 6.07 Å². The first-order valence-corrected chi connectivity index (χ1v) is 7.12. The zero-order valence-electron chi connectivity index (χ0n) is 10.0. The SMILES string of the molecule is CN(C(C)(C)C(=O)O)S(=O)(=O)c1ccc(C#N)s1. The summed E-state index contributed by atoms with van der Waals surface area (Å²) in [6.07, 6.45) is 0. The Kier molecular flexibility index (Phi) is 3.81. The van der Waals surface area contributed by atoms with E-state index < -0.39 is 21.5 Å². The molecule has 0 aromatic carbocycles. The van der Waals surface area contributed by atoms with Gasteiger partial charge in [-0.1, -0.05) is 0 Å². The smallest absolute Gasteiger partial charge is 0.324 e. The summed E-state index contributed by atoms with van der Waals surface area (Å²) in [4.78, 5) is 11.3. The number of hydrogen-bond acceptors (Lipinski definition) is 5. The molecule has 0 radical (unpaired) electrons. The molecular weight excluding hydrogens is 276 g/mol. The first kappa shape index (κ1) is 14.6. The summed E-state index contributed by atoms with van der Waals surface area (Å²) in [6, 6.07) is 4.53. The van der Waals surface area contributed by atoms with Gasteiger partial charge in [0.1, 0.15) is 20.7 Å². The van der Waals surface area contributed by atoms with Gasteiger partial charge < -0.3 is 5.11 Å². The molecule has 0 aliphatic rings. The van der Waals surface area contributed by atoms with E-state index in [4.69, 9.17) is 10.4 Å². The van der Waals surface area contributed by atoms with Crippen LogP contribution in [0.1, 0.15) is 18.7 Å². The van der Waals surface area contributed by atoms with Crippen LogP contribution in [0.2, 0.25) is 0 Å². The molecule has 1 rings (SSSR count). The molecule has 8 heteroatoms. The van der Waals surface area contributed by atoms with Crippen molar-refractivity contribution in [2.75, 3.05) is 7.05 Å². The van der Waals surface area contributed by atoms with Crippen molar-refractivity contribution in [1.82, 2.24) is 4.31 Å². The maximum absolute atomic E-state index is 12.2. The number of likely N-dealkylation sites (N-methyl/N-ethyl adjacent to an activating group) is 1. The fraction of sp³-hybridized carbons (Fsp3) is 0.400. The van der Waals surface area contributed by atoms with Crippen LogP contribution < -0.4 is 0 Å². The number of thiophene rings is 1. The van der Waals surface area contributed by atoms with Crippen molar-refractivity contribution in [2.24, 2.45) is 0 Å². The van der Waals surface area contributed by atoms with Crippen LogP contribution >= 0.6 is 11.3 Å². The largest absolute Gasteiger partial charge is 0.480 e. The molecule has 0 saturated heterocycles. The minimum atomic E-state index is -3.91. The molecule has 6 nitrogen and oxygen atoms in total. The van der Waals surface area contributed by atoms with Crippen LogP contribution in [0, 0.1) is 11.3 Å². The summed E-state index contributed by atoms with van der Waals surface area (Å²) in [5.74, 6) is -1.24. The van der Waals surface area contributed by atoms with Gasteiger partial charge in [-0.15, -0.1) is 11.3 Å². The van der Waals surface area contributed by atoms with Gasteiger partial charge >= 0.3 is 5.97 Å². The summed E-state index contributed by atoms with van der Waals surface area (Å²) in [5.41, 5.74) is -1.56. The molecule has 0 aliphatic heterocycles. The summed E-state index contributed by atoms with van der Waals surface area (Å²) in [6.45, 7) is 2.59. The van der Waals surface area contributed by atoms with Gasteiger partial charge in [0, 0.05) is 7.05 Å². The number of sulfonamides is 1. The van der Waals surface area contributed by atoms with Crippen LogP contribution in [0.3, 0.4) is 0 Å². The molecule has 0 unspecified atom stereocenters. The molecule has 98 valence electrons. The number of aliphatic carboxylic acids is 1. The third-order valence-electron chi connectivity index (χ3n) is 2.62. The van der Waals surface area contributed by atoms with Crippen LogP contribution in [0.25, 0.3) is 0 Å². The lowest BCUT2D eigenvalue weighted by atomic mass is 10.1. The van der Waals surface area contributed by atoms with E-state index in [0.29, 0.717) is 0 Å². The minimum absolute atomic E-state index is 0.0455. The minimum Gasteiger partial charge on any atom is -0.480 e. The Balaban J connectivity index is 3.23. The highest BCUT2D eigenvalue weighted by atomic mass is 32.2. The summed E-state index contributed by atoms with van der Waals surface area (Å²) in [7, 11) is -2.71. The molecular formula is C10H12N2O4S2. The number of carbonyl (C=O) groups is 1. The van der Waals surface area contributed by atoms with Crippen LogP contribution in [-0.2, 0) is 14.8 Å². The Morgan fingerprint density at radius 3 is 2.44 bits per heavy atom. The van der Waals surface area contributed by atoms with Crippen molar-refractivity contribution in [2.45, 2.75) is 23.6 Å². The van der Waals surface area contributed by atoms with Crippen LogP contribution in [0.5, 0.6) is 0 Å². The van der Waals surface area contributed by atoms with Crippen molar-refractivity contribution in [1.29, 1.82) is 5.26 Å². The third-order valence-corrected chi connectivity index (χ3v) is 6.11. The third kappa shape index (κ3) is 2.38. The van der Waals surface area contributed by atoms with Gasteiger partial charge in [-0.25, -0.2) is 8.42 Å². The fourth-order valence-corrected chi connectivity index (χ4v) is 3.84. The standard InChI is InChI=1S/C10H12N2O4S2/c1-10(2,9(13)14)12(3)18(15,16)8-5-4-7(6-11)17-8/h4-5H,1-3H3,(H,13,14). The highest BCUT2D eigenvalue weighted by Gasteiger charge is 2.40. The van der Waals surface area contributed by atoms with Gasteiger partial charge in [-0.05, 0) is 26.0 Å². The van der Waals surface area contributed by atoms with Gasteiger partial charge in [0.05, 0.1) is 0 Å². The number of carboxylic acid groups (broad SMARTS) is 1. The highest BCUT2D eigenvalue weighted by Crippen LogP contribution is 2.28. The molecule has 0 spiro atoms. The van der Waals surface area contributed by atoms with E-state index in [2.05, 4.69) is 0 Å². The Hall–Kier alpha value is -1.43. The monoisotopic (exact) mass is 288 g/mol. The first-order valence-electron chi connectivity index (χ1n) is 4.86. The Morgan fingerprint density at radius 2 is 2.06 bits per heavy atom. The number of carboxylic acids is 1. The van der Waals surface area contributed by atoms with E-state index >= 15 is 0 Å². The summed E-state index contributed by atoms with van der Waals surface area (Å²) in [5, 5.41) is 17.7. The van der Waals surface area contributed by atoms with E-state index in [9.17, 15) is 13.2 Å². The second-order valence-corrected chi connectivity index (χ2v) is 7.35. The molecule has 0 fully saturated rings. The zero-order valence-corrected chi connectivity index (χ0v) is 11.7. The molecule has 0 amide bonds. The van der Waals surface area contributed by atoms with E-state index in [-0.39, 0.29) is 9.09 Å². The lowest BCUT2D eigenvalue weighted by Crippen LogP contribution is -2.50. The van der Waals surface area contributed by atoms with Crippen molar-refractivity contribution in [3.63, 3.8) is 0 Å². The van der Waals surface area contributed by atoms with Gasteiger partial charge in [0.2, 0.25) is 0 Å². The molecule has 1 aromatic rings. The number of nitriles is 1. The Labute approximate surface area is 109 Å². The molecule has 0 saturated carbocycles. The molecule has 1 heterocycles. The molecule has 18 heavy (non-hydrogen) atoms. The van der Waals surface area contributed by atoms with Crippen LogP contribution in [0.15, 0.2) is 16.3 Å². The number of nitrogens with zero attached hydrogens (tertiary/aromatic N) is 2. The van der Waals surface area contributed by atoms with Crippen LogP contribution in [-0.4, -0.2) is 36.4 Å². The summed E-state index contributed by atoms with van der Waals surface area (Å²) >= 11 is 0.812. The molecule has 1 N–H and O–H groups in total. The number of rotatable bonds is 4. The molecule has 0 aliphatic carbocycles. The maximum atomic E-state index is 12.2. The Morgan fingerprint density at radius 1 is 1.50 bits per heavy atom. The topological polar surface area (TPSA) is 98.5 Å². The predicted molar refractivity (Wildman–Crippen MR) is 65.7 cm³/mol. The van der Waals surface area contributed by atoms with E-state index in [0.717, 1.165) is 15.6 Å². The molecule has 0 atom stereocenters. The van der Waals surface area contributed by atoms with Gasteiger partial charge in [-0.3, -0.25) is 4.79 Å². The second-order valence-electron chi connectivity index (χ2n) is 4.07. The predicted octanol–water partition coefficient (Wildman–Crippen LogP) is 1.10.